The second kappa shape index (κ2) is 5.35. The summed E-state index contributed by atoms with van der Waals surface area (Å²) in [6.45, 7) is 0.217. The standard InChI is InChI=1S/C13H14N2O3/c1-14-7-8-15(9-12(14)16)13(17)18-10-11-5-3-2-4-6-11/h2-8H,9-10H2,1H3. The van der Waals surface area contributed by atoms with Gasteiger partial charge in [-0.25, -0.2) is 4.79 Å². The lowest BCUT2D eigenvalue weighted by molar-refractivity contribution is -0.128. The van der Waals surface area contributed by atoms with E-state index in [1.807, 2.05) is 30.3 Å². The number of ether oxygens (including phenoxy) is 1. The van der Waals surface area contributed by atoms with Crippen molar-refractivity contribution in [2.24, 2.45) is 0 Å². The highest BCUT2D eigenvalue weighted by Gasteiger charge is 2.21. The van der Waals surface area contributed by atoms with Crippen LogP contribution in [0.25, 0.3) is 0 Å². The number of nitrogens with zero attached hydrogens (tertiary/aromatic N) is 2. The molecule has 1 aromatic rings. The van der Waals surface area contributed by atoms with Crippen LogP contribution in [-0.2, 0) is 16.1 Å². The van der Waals surface area contributed by atoms with E-state index in [0.29, 0.717) is 0 Å². The quantitative estimate of drug-likeness (QED) is 0.795. The molecular formula is C13H14N2O3. The second-order valence-electron chi connectivity index (χ2n) is 3.97. The minimum absolute atomic E-state index is 0.0145. The van der Waals surface area contributed by atoms with Gasteiger partial charge in [-0.3, -0.25) is 9.69 Å². The van der Waals surface area contributed by atoms with E-state index in [4.69, 9.17) is 4.74 Å². The molecule has 0 atom stereocenters. The molecule has 1 aliphatic heterocycles. The summed E-state index contributed by atoms with van der Waals surface area (Å²) in [6.07, 6.45) is 2.56. The van der Waals surface area contributed by atoms with Gasteiger partial charge in [0.25, 0.3) is 0 Å². The van der Waals surface area contributed by atoms with E-state index in [1.54, 1.807) is 7.05 Å². The number of amides is 2. The Morgan fingerprint density at radius 3 is 2.67 bits per heavy atom. The topological polar surface area (TPSA) is 49.9 Å². The van der Waals surface area contributed by atoms with Crippen molar-refractivity contribution in [1.29, 1.82) is 0 Å². The summed E-state index contributed by atoms with van der Waals surface area (Å²) in [5, 5.41) is 0. The van der Waals surface area contributed by atoms with E-state index in [9.17, 15) is 9.59 Å². The molecule has 0 saturated carbocycles. The first-order valence-corrected chi connectivity index (χ1v) is 5.58. The van der Waals surface area contributed by atoms with Gasteiger partial charge in [0.05, 0.1) is 0 Å². The first-order valence-electron chi connectivity index (χ1n) is 5.58. The van der Waals surface area contributed by atoms with Gasteiger partial charge in [0, 0.05) is 19.4 Å². The molecule has 0 saturated heterocycles. The number of carbonyl (C=O) groups excluding carboxylic acids is 2. The molecule has 1 aromatic carbocycles. The zero-order valence-electron chi connectivity index (χ0n) is 10.1. The molecule has 2 rings (SSSR count). The van der Waals surface area contributed by atoms with Crippen LogP contribution in [0.5, 0.6) is 0 Å². The largest absolute Gasteiger partial charge is 0.444 e. The van der Waals surface area contributed by atoms with Gasteiger partial charge in [-0.1, -0.05) is 30.3 Å². The summed E-state index contributed by atoms with van der Waals surface area (Å²) < 4.78 is 5.12. The van der Waals surface area contributed by atoms with E-state index < -0.39 is 6.09 Å². The number of carbonyl (C=O) groups is 2. The Kier molecular flexibility index (Phi) is 3.62. The van der Waals surface area contributed by atoms with Crippen LogP contribution in [0.4, 0.5) is 4.79 Å². The van der Waals surface area contributed by atoms with Gasteiger partial charge in [-0.2, -0.15) is 0 Å². The van der Waals surface area contributed by atoms with Crippen LogP contribution in [0.1, 0.15) is 5.56 Å². The van der Waals surface area contributed by atoms with Crippen LogP contribution in [0.2, 0.25) is 0 Å². The fraction of sp³-hybridized carbons (Fsp3) is 0.231. The predicted molar refractivity (Wildman–Crippen MR) is 65.2 cm³/mol. The van der Waals surface area contributed by atoms with Crippen molar-refractivity contribution >= 4 is 12.0 Å². The summed E-state index contributed by atoms with van der Waals surface area (Å²) in [6, 6.07) is 9.40. The smallest absolute Gasteiger partial charge is 0.414 e. The van der Waals surface area contributed by atoms with Gasteiger partial charge in [0.1, 0.15) is 13.2 Å². The number of rotatable bonds is 2. The Morgan fingerprint density at radius 2 is 2.00 bits per heavy atom. The molecule has 2 amide bonds. The minimum atomic E-state index is -0.517. The van der Waals surface area contributed by atoms with Crippen molar-refractivity contribution in [3.05, 3.63) is 48.3 Å². The summed E-state index contributed by atoms with van der Waals surface area (Å²) in [4.78, 5) is 25.8. The Balaban J connectivity index is 1.89. The molecule has 0 bridgehead atoms. The molecule has 5 heteroatoms. The maximum atomic E-state index is 11.7. The van der Waals surface area contributed by atoms with Crippen LogP contribution in [0, 0.1) is 0 Å². The highest BCUT2D eigenvalue weighted by Crippen LogP contribution is 2.07. The van der Waals surface area contributed by atoms with Crippen molar-refractivity contribution in [2.45, 2.75) is 6.61 Å². The van der Waals surface area contributed by atoms with Gasteiger partial charge in [0.2, 0.25) is 5.91 Å². The molecule has 0 N–H and O–H groups in total. The van der Waals surface area contributed by atoms with Gasteiger partial charge >= 0.3 is 6.09 Å². The van der Waals surface area contributed by atoms with Crippen LogP contribution in [0.15, 0.2) is 42.7 Å². The van der Waals surface area contributed by atoms with E-state index in [2.05, 4.69) is 0 Å². The van der Waals surface area contributed by atoms with Crippen molar-refractivity contribution < 1.29 is 14.3 Å². The average molecular weight is 246 g/mol. The third-order valence-electron chi connectivity index (χ3n) is 2.61. The zero-order valence-corrected chi connectivity index (χ0v) is 10.1. The Hall–Kier alpha value is -2.30. The first-order chi connectivity index (χ1) is 8.66. The zero-order chi connectivity index (χ0) is 13.0. The summed E-state index contributed by atoms with van der Waals surface area (Å²) in [5.74, 6) is -0.144. The van der Waals surface area contributed by atoms with Crippen molar-refractivity contribution in [3.8, 4) is 0 Å². The van der Waals surface area contributed by atoms with Gasteiger partial charge in [0.15, 0.2) is 0 Å². The number of likely N-dealkylation sites (N-methyl/N-ethyl adjacent to an activating group) is 1. The van der Waals surface area contributed by atoms with Crippen LogP contribution in [0.3, 0.4) is 0 Å². The summed E-state index contributed by atoms with van der Waals surface area (Å²) in [5.41, 5.74) is 0.912. The Morgan fingerprint density at radius 1 is 1.28 bits per heavy atom. The highest BCUT2D eigenvalue weighted by atomic mass is 16.6. The maximum absolute atomic E-state index is 11.7. The number of hydrogen-bond acceptors (Lipinski definition) is 3. The van der Waals surface area contributed by atoms with Gasteiger partial charge in [-0.15, -0.1) is 0 Å². The van der Waals surface area contributed by atoms with Crippen molar-refractivity contribution in [2.75, 3.05) is 13.6 Å². The molecule has 0 spiro atoms. The lowest BCUT2D eigenvalue weighted by atomic mass is 10.2. The molecule has 18 heavy (non-hydrogen) atoms. The van der Waals surface area contributed by atoms with E-state index in [0.717, 1.165) is 5.56 Å². The Labute approximate surface area is 105 Å². The number of benzene rings is 1. The molecule has 0 aromatic heterocycles. The average Bonchev–Trinajstić information content (AvgIpc) is 2.40. The van der Waals surface area contributed by atoms with E-state index >= 15 is 0 Å². The first kappa shape index (κ1) is 12.2. The van der Waals surface area contributed by atoms with E-state index in [-0.39, 0.29) is 19.1 Å². The fourth-order valence-electron chi connectivity index (χ4n) is 1.50. The molecule has 1 heterocycles. The molecule has 5 nitrogen and oxygen atoms in total. The fourth-order valence-corrected chi connectivity index (χ4v) is 1.50. The molecule has 0 aliphatic carbocycles. The maximum Gasteiger partial charge on any atom is 0.414 e. The molecular weight excluding hydrogens is 232 g/mol. The van der Waals surface area contributed by atoms with Gasteiger partial charge in [-0.05, 0) is 5.56 Å². The minimum Gasteiger partial charge on any atom is -0.444 e. The lowest BCUT2D eigenvalue weighted by Crippen LogP contribution is -2.40. The lowest BCUT2D eigenvalue weighted by Gasteiger charge is -2.25. The van der Waals surface area contributed by atoms with Crippen LogP contribution in [-0.4, -0.2) is 35.4 Å². The molecule has 94 valence electrons. The predicted octanol–water partition coefficient (Wildman–Crippen LogP) is 1.57. The highest BCUT2D eigenvalue weighted by molar-refractivity contribution is 5.84. The SMILES string of the molecule is CN1C=CN(C(=O)OCc2ccccc2)CC1=O. The molecule has 0 fully saturated rings. The monoisotopic (exact) mass is 246 g/mol. The Bertz CT molecular complexity index is 470. The van der Waals surface area contributed by atoms with E-state index in [1.165, 1.54) is 22.2 Å². The summed E-state index contributed by atoms with van der Waals surface area (Å²) in [7, 11) is 1.64. The van der Waals surface area contributed by atoms with Crippen molar-refractivity contribution in [1.82, 2.24) is 9.80 Å². The normalized spacial score (nSPS) is 14.8. The third-order valence-corrected chi connectivity index (χ3v) is 2.61. The molecule has 0 radical (unpaired) electrons. The molecule has 1 aliphatic rings. The second-order valence-corrected chi connectivity index (χ2v) is 3.97. The summed E-state index contributed by atoms with van der Waals surface area (Å²) >= 11 is 0. The van der Waals surface area contributed by atoms with Crippen LogP contribution < -0.4 is 0 Å². The van der Waals surface area contributed by atoms with Crippen LogP contribution >= 0.6 is 0 Å². The van der Waals surface area contributed by atoms with Gasteiger partial charge < -0.3 is 9.64 Å². The van der Waals surface area contributed by atoms with Crippen molar-refractivity contribution in [3.63, 3.8) is 0 Å². The third kappa shape index (κ3) is 2.88. The number of hydrogen-bond donors (Lipinski definition) is 0. The molecule has 0 unspecified atom stereocenters.